The summed E-state index contributed by atoms with van der Waals surface area (Å²) in [6, 6.07) is 17.4. The van der Waals surface area contributed by atoms with Gasteiger partial charge in [0.2, 0.25) is 0 Å². The average molecular weight is 563 g/mol. The molecule has 1 aliphatic heterocycles. The molecule has 0 radical (unpaired) electrons. The molecule has 0 saturated carbocycles. The number of fused-ring (bicyclic) bond motifs is 2. The van der Waals surface area contributed by atoms with Gasteiger partial charge in [-0.25, -0.2) is 9.97 Å². The van der Waals surface area contributed by atoms with Gasteiger partial charge in [-0.15, -0.1) is 0 Å². The summed E-state index contributed by atoms with van der Waals surface area (Å²) in [5.74, 6) is 2.31. The second-order valence-corrected chi connectivity index (χ2v) is 8.94. The van der Waals surface area contributed by atoms with E-state index < -0.39 is 4.92 Å². The van der Waals surface area contributed by atoms with Gasteiger partial charge in [0.25, 0.3) is 5.69 Å². The van der Waals surface area contributed by atoms with Gasteiger partial charge in [-0.3, -0.25) is 10.1 Å². The molecule has 0 bridgehead atoms. The summed E-state index contributed by atoms with van der Waals surface area (Å²) < 4.78 is 34.5. The van der Waals surface area contributed by atoms with Crippen LogP contribution in [0.4, 0.5) is 17.2 Å². The zero-order chi connectivity index (χ0) is 28.3. The van der Waals surface area contributed by atoms with Gasteiger partial charge in [-0.05, 0) is 35.9 Å². The number of nitrogens with zero attached hydrogens (tertiary/aromatic N) is 3. The van der Waals surface area contributed by atoms with Gasteiger partial charge in [0, 0.05) is 35.3 Å². The Balaban J connectivity index is 1.31. The lowest BCUT2D eigenvalue weighted by atomic mass is 10.2. The van der Waals surface area contributed by atoms with Gasteiger partial charge in [0.15, 0.2) is 11.5 Å². The van der Waals surface area contributed by atoms with E-state index in [1.54, 1.807) is 12.1 Å². The molecule has 12 heteroatoms. The van der Waals surface area contributed by atoms with E-state index in [0.717, 1.165) is 16.6 Å². The van der Waals surface area contributed by atoms with Crippen LogP contribution in [-0.4, -0.2) is 67.7 Å². The molecule has 0 fully saturated rings. The SMILES string of the molecule is O=[N+]([O-])c1ccc(COc2cccc(Nc3ncnc4cc5c(cc34)OCCOCCOCCOCCO5)c2)cc1. The molecule has 2 heterocycles. The molecule has 0 spiro atoms. The highest BCUT2D eigenvalue weighted by molar-refractivity contribution is 5.93. The van der Waals surface area contributed by atoms with Gasteiger partial charge in [0.05, 0.1) is 50.1 Å². The molecule has 3 aromatic carbocycles. The summed E-state index contributed by atoms with van der Waals surface area (Å²) >= 11 is 0. The van der Waals surface area contributed by atoms with Crippen molar-refractivity contribution in [3.8, 4) is 17.2 Å². The maximum absolute atomic E-state index is 10.9. The number of aromatic nitrogens is 2. The lowest BCUT2D eigenvalue weighted by molar-refractivity contribution is -0.384. The first kappa shape index (κ1) is 28.0. The fourth-order valence-electron chi connectivity index (χ4n) is 4.03. The largest absolute Gasteiger partial charge is 0.489 e. The third-order valence-electron chi connectivity index (χ3n) is 6.06. The second kappa shape index (κ2) is 14.2. The number of nitrogens with one attached hydrogen (secondary N) is 1. The molecule has 1 aromatic heterocycles. The van der Waals surface area contributed by atoms with E-state index in [1.807, 2.05) is 36.4 Å². The van der Waals surface area contributed by atoms with Crippen LogP contribution in [-0.2, 0) is 20.8 Å². The van der Waals surface area contributed by atoms with E-state index in [0.29, 0.717) is 81.4 Å². The van der Waals surface area contributed by atoms with Crippen LogP contribution >= 0.6 is 0 Å². The molecule has 214 valence electrons. The Labute approximate surface area is 236 Å². The minimum absolute atomic E-state index is 0.0390. The molecular formula is C29H30N4O8. The Morgan fingerprint density at radius 3 is 2.15 bits per heavy atom. The van der Waals surface area contributed by atoms with Crippen LogP contribution in [0.2, 0.25) is 0 Å². The quantitative estimate of drug-likeness (QED) is 0.259. The second-order valence-electron chi connectivity index (χ2n) is 8.94. The van der Waals surface area contributed by atoms with E-state index in [4.69, 9.17) is 28.4 Å². The van der Waals surface area contributed by atoms with Gasteiger partial charge < -0.3 is 33.7 Å². The van der Waals surface area contributed by atoms with E-state index >= 15 is 0 Å². The summed E-state index contributed by atoms with van der Waals surface area (Å²) in [6.45, 7) is 3.72. The van der Waals surface area contributed by atoms with Crippen molar-refractivity contribution in [3.63, 3.8) is 0 Å². The van der Waals surface area contributed by atoms with Gasteiger partial charge in [0.1, 0.15) is 37.7 Å². The summed E-state index contributed by atoms with van der Waals surface area (Å²) in [7, 11) is 0. The molecule has 0 amide bonds. The number of nitro groups is 1. The highest BCUT2D eigenvalue weighted by Gasteiger charge is 2.14. The molecule has 41 heavy (non-hydrogen) atoms. The van der Waals surface area contributed by atoms with Crippen molar-refractivity contribution in [2.45, 2.75) is 6.61 Å². The molecule has 1 N–H and O–H groups in total. The fraction of sp³-hybridized carbons (Fsp3) is 0.310. The van der Waals surface area contributed by atoms with Gasteiger partial charge >= 0.3 is 0 Å². The van der Waals surface area contributed by atoms with Crippen molar-refractivity contribution in [2.24, 2.45) is 0 Å². The zero-order valence-corrected chi connectivity index (χ0v) is 22.3. The zero-order valence-electron chi connectivity index (χ0n) is 22.3. The summed E-state index contributed by atoms with van der Waals surface area (Å²) in [6.07, 6.45) is 1.48. The molecule has 0 aliphatic carbocycles. The highest BCUT2D eigenvalue weighted by atomic mass is 16.6. The maximum atomic E-state index is 10.9. The van der Waals surface area contributed by atoms with Crippen LogP contribution in [0.25, 0.3) is 10.9 Å². The summed E-state index contributed by atoms with van der Waals surface area (Å²) in [5, 5.41) is 15.0. The number of hydrogen-bond donors (Lipinski definition) is 1. The van der Waals surface area contributed by atoms with E-state index in [-0.39, 0.29) is 12.3 Å². The minimum atomic E-state index is -0.429. The van der Waals surface area contributed by atoms with Crippen LogP contribution in [0.3, 0.4) is 0 Å². The van der Waals surface area contributed by atoms with Crippen molar-refractivity contribution in [2.75, 3.05) is 58.2 Å². The van der Waals surface area contributed by atoms with Crippen LogP contribution in [0.15, 0.2) is 67.0 Å². The molecular weight excluding hydrogens is 532 g/mol. The van der Waals surface area contributed by atoms with Crippen LogP contribution in [0.1, 0.15) is 5.56 Å². The maximum Gasteiger partial charge on any atom is 0.269 e. The number of nitro benzene ring substituents is 1. The Morgan fingerprint density at radius 1 is 0.805 bits per heavy atom. The Morgan fingerprint density at radius 2 is 1.46 bits per heavy atom. The monoisotopic (exact) mass is 562 g/mol. The van der Waals surface area contributed by atoms with Crippen molar-refractivity contribution in [1.29, 1.82) is 0 Å². The molecule has 0 atom stereocenters. The van der Waals surface area contributed by atoms with Crippen molar-refractivity contribution < 1.29 is 33.3 Å². The van der Waals surface area contributed by atoms with Gasteiger partial charge in [-0.2, -0.15) is 0 Å². The lowest BCUT2D eigenvalue weighted by Crippen LogP contribution is -2.13. The first-order valence-electron chi connectivity index (χ1n) is 13.2. The van der Waals surface area contributed by atoms with E-state index in [1.165, 1.54) is 18.5 Å². The predicted octanol–water partition coefficient (Wildman–Crippen LogP) is 4.68. The van der Waals surface area contributed by atoms with Crippen molar-refractivity contribution >= 4 is 28.1 Å². The van der Waals surface area contributed by atoms with Crippen molar-refractivity contribution in [3.05, 3.63) is 82.7 Å². The predicted molar refractivity (Wildman–Crippen MR) is 150 cm³/mol. The number of non-ortho nitro benzene ring substituents is 1. The van der Waals surface area contributed by atoms with Crippen molar-refractivity contribution in [1.82, 2.24) is 9.97 Å². The molecule has 0 unspecified atom stereocenters. The third-order valence-corrected chi connectivity index (χ3v) is 6.06. The Hall–Kier alpha value is -4.52. The Kier molecular flexibility index (Phi) is 9.71. The molecule has 4 aromatic rings. The summed E-state index contributed by atoms with van der Waals surface area (Å²) in [4.78, 5) is 19.3. The molecule has 12 nitrogen and oxygen atoms in total. The summed E-state index contributed by atoms with van der Waals surface area (Å²) in [5.41, 5.74) is 2.29. The number of hydrogen-bond acceptors (Lipinski definition) is 11. The number of benzene rings is 3. The first-order valence-corrected chi connectivity index (χ1v) is 13.2. The first-order chi connectivity index (χ1) is 20.2. The van der Waals surface area contributed by atoms with Crippen LogP contribution in [0.5, 0.6) is 17.2 Å². The van der Waals surface area contributed by atoms with Crippen LogP contribution < -0.4 is 19.5 Å². The van der Waals surface area contributed by atoms with E-state index in [2.05, 4.69) is 15.3 Å². The minimum Gasteiger partial charge on any atom is -0.489 e. The van der Waals surface area contributed by atoms with Crippen LogP contribution in [0, 0.1) is 10.1 Å². The molecule has 5 rings (SSSR count). The Bertz CT molecular complexity index is 1450. The number of rotatable bonds is 6. The number of anilines is 2. The third kappa shape index (κ3) is 8.01. The standard InChI is InChI=1S/C29H30N4O8/c34-33(35)23-6-4-21(5-7-23)19-41-24-3-1-2-22(16-24)32-29-25-17-27-28(18-26(25)30-20-31-29)40-15-13-38-11-9-36-8-10-37-12-14-39-27/h1-7,16-18,20H,8-15,19H2,(H,30,31,32). The average Bonchev–Trinajstić information content (AvgIpc) is 2.99. The normalized spacial score (nSPS) is 14.9. The smallest absolute Gasteiger partial charge is 0.269 e. The molecule has 1 aliphatic rings. The topological polar surface area (TPSA) is 136 Å². The van der Waals surface area contributed by atoms with E-state index in [9.17, 15) is 10.1 Å². The number of ether oxygens (including phenoxy) is 6. The van der Waals surface area contributed by atoms with Gasteiger partial charge in [-0.1, -0.05) is 6.07 Å². The fourth-order valence-corrected chi connectivity index (χ4v) is 4.03. The lowest BCUT2D eigenvalue weighted by Gasteiger charge is -2.15. The highest BCUT2D eigenvalue weighted by Crippen LogP contribution is 2.35. The molecule has 0 saturated heterocycles.